The van der Waals surface area contributed by atoms with E-state index in [-0.39, 0.29) is 13.0 Å². The molecule has 0 radical (unpaired) electrons. The van der Waals surface area contributed by atoms with Crippen LogP contribution in [0.2, 0.25) is 10.0 Å². The lowest BCUT2D eigenvalue weighted by Gasteiger charge is -2.22. The fourth-order valence-corrected chi connectivity index (χ4v) is 1.74. The molecule has 0 spiro atoms. The molecular weight excluding hydrogens is 236 g/mol. The second-order valence-electron chi connectivity index (χ2n) is 3.62. The van der Waals surface area contributed by atoms with Crippen LogP contribution < -0.4 is 5.73 Å². The van der Waals surface area contributed by atoms with Crippen LogP contribution in [-0.2, 0) is 6.42 Å². The van der Waals surface area contributed by atoms with Gasteiger partial charge in [0.2, 0.25) is 0 Å². The van der Waals surface area contributed by atoms with Gasteiger partial charge in [0, 0.05) is 23.0 Å². The van der Waals surface area contributed by atoms with Crippen molar-refractivity contribution in [3.8, 4) is 0 Å². The minimum atomic E-state index is -1.39. The van der Waals surface area contributed by atoms with Crippen LogP contribution in [0.25, 0.3) is 0 Å². The van der Waals surface area contributed by atoms with E-state index in [9.17, 15) is 4.39 Å². The fraction of sp³-hybridized carbons (Fsp3) is 0.455. The van der Waals surface area contributed by atoms with E-state index in [0.717, 1.165) is 0 Å². The standard InChI is InChI=1S/C11H14Cl2FN/c1-2-11(14,7-15)6-8-5-9(12)3-4-10(8)13/h3-5H,2,6-7,15H2,1H3. The minimum Gasteiger partial charge on any atom is -0.328 e. The Hall–Kier alpha value is -0.310. The second-order valence-corrected chi connectivity index (χ2v) is 4.46. The maximum absolute atomic E-state index is 14.0. The molecule has 1 aromatic carbocycles. The molecule has 0 saturated heterocycles. The molecule has 84 valence electrons. The van der Waals surface area contributed by atoms with E-state index in [0.29, 0.717) is 22.0 Å². The Balaban J connectivity index is 2.92. The van der Waals surface area contributed by atoms with Crippen LogP contribution >= 0.6 is 23.2 Å². The Morgan fingerprint density at radius 3 is 2.60 bits per heavy atom. The van der Waals surface area contributed by atoms with E-state index in [1.165, 1.54) is 0 Å². The predicted molar refractivity (Wildman–Crippen MR) is 63.4 cm³/mol. The van der Waals surface area contributed by atoms with Gasteiger partial charge in [-0.05, 0) is 30.2 Å². The monoisotopic (exact) mass is 249 g/mol. The Morgan fingerprint density at radius 2 is 2.07 bits per heavy atom. The molecule has 0 amide bonds. The van der Waals surface area contributed by atoms with Crippen molar-refractivity contribution < 1.29 is 4.39 Å². The highest BCUT2D eigenvalue weighted by atomic mass is 35.5. The van der Waals surface area contributed by atoms with E-state index < -0.39 is 5.67 Å². The zero-order valence-electron chi connectivity index (χ0n) is 8.56. The summed E-state index contributed by atoms with van der Waals surface area (Å²) in [6, 6.07) is 5.04. The van der Waals surface area contributed by atoms with Crippen molar-refractivity contribution in [2.24, 2.45) is 5.73 Å². The topological polar surface area (TPSA) is 26.0 Å². The molecule has 2 N–H and O–H groups in total. The highest BCUT2D eigenvalue weighted by Crippen LogP contribution is 2.27. The molecule has 0 heterocycles. The van der Waals surface area contributed by atoms with Crippen LogP contribution in [0.3, 0.4) is 0 Å². The number of halogens is 3. The van der Waals surface area contributed by atoms with Crippen molar-refractivity contribution in [2.75, 3.05) is 6.54 Å². The largest absolute Gasteiger partial charge is 0.328 e. The summed E-state index contributed by atoms with van der Waals surface area (Å²) in [4.78, 5) is 0. The first-order valence-electron chi connectivity index (χ1n) is 4.83. The number of hydrogen-bond donors (Lipinski definition) is 1. The molecule has 1 nitrogen and oxygen atoms in total. The molecule has 4 heteroatoms. The summed E-state index contributed by atoms with van der Waals surface area (Å²) >= 11 is 11.8. The smallest absolute Gasteiger partial charge is 0.127 e. The molecule has 0 aromatic heterocycles. The van der Waals surface area contributed by atoms with Gasteiger partial charge in [-0.2, -0.15) is 0 Å². The van der Waals surface area contributed by atoms with Gasteiger partial charge in [-0.1, -0.05) is 30.1 Å². The molecule has 0 bridgehead atoms. The summed E-state index contributed by atoms with van der Waals surface area (Å²) in [7, 11) is 0. The fourth-order valence-electron chi connectivity index (χ4n) is 1.36. The Labute approximate surface area is 99.4 Å². The van der Waals surface area contributed by atoms with E-state index in [4.69, 9.17) is 28.9 Å². The Bertz CT molecular complexity index is 337. The second kappa shape index (κ2) is 5.15. The van der Waals surface area contributed by atoms with Crippen LogP contribution in [0.5, 0.6) is 0 Å². The highest BCUT2D eigenvalue weighted by Gasteiger charge is 2.26. The molecule has 1 unspecified atom stereocenters. The van der Waals surface area contributed by atoms with Gasteiger partial charge in [-0.15, -0.1) is 0 Å². The van der Waals surface area contributed by atoms with Gasteiger partial charge in [0.1, 0.15) is 5.67 Å². The number of nitrogens with two attached hydrogens (primary N) is 1. The Kier molecular flexibility index (Phi) is 4.38. The summed E-state index contributed by atoms with van der Waals surface area (Å²) < 4.78 is 14.0. The van der Waals surface area contributed by atoms with Gasteiger partial charge in [0.15, 0.2) is 0 Å². The lowest BCUT2D eigenvalue weighted by Crippen LogP contribution is -2.34. The van der Waals surface area contributed by atoms with E-state index in [1.807, 2.05) is 0 Å². The molecule has 0 fully saturated rings. The van der Waals surface area contributed by atoms with Crippen molar-refractivity contribution >= 4 is 23.2 Å². The van der Waals surface area contributed by atoms with Crippen molar-refractivity contribution in [1.82, 2.24) is 0 Å². The van der Waals surface area contributed by atoms with E-state index in [1.54, 1.807) is 25.1 Å². The van der Waals surface area contributed by atoms with Crippen molar-refractivity contribution in [2.45, 2.75) is 25.4 Å². The third-order valence-corrected chi connectivity index (χ3v) is 3.12. The minimum absolute atomic E-state index is 0.00760. The van der Waals surface area contributed by atoms with Gasteiger partial charge < -0.3 is 5.73 Å². The molecule has 0 aliphatic heterocycles. The maximum atomic E-state index is 14.0. The first-order valence-corrected chi connectivity index (χ1v) is 5.59. The van der Waals surface area contributed by atoms with E-state index in [2.05, 4.69) is 0 Å². The number of alkyl halides is 1. The quantitative estimate of drug-likeness (QED) is 0.867. The molecular formula is C11H14Cl2FN. The van der Waals surface area contributed by atoms with Crippen LogP contribution in [0.15, 0.2) is 18.2 Å². The molecule has 0 aliphatic carbocycles. The average molecular weight is 250 g/mol. The van der Waals surface area contributed by atoms with Gasteiger partial charge in [0.25, 0.3) is 0 Å². The first kappa shape index (κ1) is 12.8. The summed E-state index contributed by atoms with van der Waals surface area (Å²) in [5.41, 5.74) is 4.72. The molecule has 0 aliphatic rings. The zero-order chi connectivity index (χ0) is 11.5. The summed E-state index contributed by atoms with van der Waals surface area (Å²) in [6.45, 7) is 1.76. The number of benzene rings is 1. The van der Waals surface area contributed by atoms with E-state index >= 15 is 0 Å². The van der Waals surface area contributed by atoms with Crippen molar-refractivity contribution in [3.05, 3.63) is 33.8 Å². The average Bonchev–Trinajstić information content (AvgIpc) is 2.23. The van der Waals surface area contributed by atoms with Gasteiger partial charge in [-0.3, -0.25) is 0 Å². The van der Waals surface area contributed by atoms with Crippen LogP contribution in [0.4, 0.5) is 4.39 Å². The third kappa shape index (κ3) is 3.33. The lowest BCUT2D eigenvalue weighted by atomic mass is 9.94. The third-order valence-electron chi connectivity index (χ3n) is 2.51. The van der Waals surface area contributed by atoms with Crippen molar-refractivity contribution in [3.63, 3.8) is 0 Å². The SMILES string of the molecule is CCC(F)(CN)Cc1cc(Cl)ccc1Cl. The zero-order valence-corrected chi connectivity index (χ0v) is 10.1. The van der Waals surface area contributed by atoms with Gasteiger partial charge >= 0.3 is 0 Å². The normalized spacial score (nSPS) is 15.0. The van der Waals surface area contributed by atoms with Crippen LogP contribution in [0, 0.1) is 0 Å². The summed E-state index contributed by atoms with van der Waals surface area (Å²) in [5, 5.41) is 1.09. The lowest BCUT2D eigenvalue weighted by molar-refractivity contribution is 0.167. The molecule has 15 heavy (non-hydrogen) atoms. The summed E-state index contributed by atoms with van der Waals surface area (Å²) in [5.74, 6) is 0. The first-order chi connectivity index (χ1) is 7.00. The number of rotatable bonds is 4. The Morgan fingerprint density at radius 1 is 1.40 bits per heavy atom. The highest BCUT2D eigenvalue weighted by molar-refractivity contribution is 6.33. The van der Waals surface area contributed by atoms with Gasteiger partial charge in [-0.25, -0.2) is 4.39 Å². The number of hydrogen-bond acceptors (Lipinski definition) is 1. The molecule has 0 saturated carbocycles. The summed E-state index contributed by atoms with van der Waals surface area (Å²) in [6.07, 6.45) is 0.575. The van der Waals surface area contributed by atoms with Crippen LogP contribution in [-0.4, -0.2) is 12.2 Å². The van der Waals surface area contributed by atoms with Crippen molar-refractivity contribution in [1.29, 1.82) is 0 Å². The van der Waals surface area contributed by atoms with Crippen LogP contribution in [0.1, 0.15) is 18.9 Å². The van der Waals surface area contributed by atoms with Gasteiger partial charge in [0.05, 0.1) is 0 Å². The molecule has 1 aromatic rings. The molecule has 1 rings (SSSR count). The maximum Gasteiger partial charge on any atom is 0.127 e. The molecule has 1 atom stereocenters. The predicted octanol–water partition coefficient (Wildman–Crippen LogP) is 3.61.